The van der Waals surface area contributed by atoms with E-state index in [1.54, 1.807) is 6.20 Å². The molecule has 3 nitrogen and oxygen atoms in total. The van der Waals surface area contributed by atoms with Crippen molar-refractivity contribution in [1.82, 2.24) is 9.88 Å². The highest BCUT2D eigenvalue weighted by Gasteiger charge is 2.31. The van der Waals surface area contributed by atoms with E-state index < -0.39 is 0 Å². The topological polar surface area (TPSA) is 33.2 Å². The first-order valence-corrected chi connectivity index (χ1v) is 8.45. The van der Waals surface area contributed by atoms with Gasteiger partial charge in [-0.05, 0) is 56.4 Å². The van der Waals surface area contributed by atoms with Gasteiger partial charge in [-0.3, -0.25) is 9.78 Å². The Balaban J connectivity index is 1.85. The quantitative estimate of drug-likeness (QED) is 0.857. The van der Waals surface area contributed by atoms with Gasteiger partial charge in [-0.2, -0.15) is 0 Å². The molecule has 3 heteroatoms. The summed E-state index contributed by atoms with van der Waals surface area (Å²) in [5.41, 5.74) is 3.49. The zero-order valence-electron chi connectivity index (χ0n) is 13.9. The van der Waals surface area contributed by atoms with Crippen LogP contribution < -0.4 is 0 Å². The monoisotopic (exact) mass is 308 g/mol. The van der Waals surface area contributed by atoms with Crippen LogP contribution in [0, 0.1) is 0 Å². The van der Waals surface area contributed by atoms with Gasteiger partial charge in [0, 0.05) is 12.2 Å². The van der Waals surface area contributed by atoms with Crippen molar-refractivity contribution in [2.24, 2.45) is 0 Å². The summed E-state index contributed by atoms with van der Waals surface area (Å²) in [6, 6.07) is 14.4. The van der Waals surface area contributed by atoms with E-state index in [0.29, 0.717) is 6.54 Å². The van der Waals surface area contributed by atoms with Crippen LogP contribution >= 0.6 is 0 Å². The lowest BCUT2D eigenvalue weighted by Crippen LogP contribution is -2.40. The number of rotatable bonds is 4. The summed E-state index contributed by atoms with van der Waals surface area (Å²) < 4.78 is 0. The minimum Gasteiger partial charge on any atom is -0.334 e. The summed E-state index contributed by atoms with van der Waals surface area (Å²) in [5.74, 6) is 0.226. The highest BCUT2D eigenvalue weighted by molar-refractivity contribution is 5.84. The number of nitrogens with zero attached hydrogens (tertiary/aromatic N) is 2. The molecule has 120 valence electrons. The van der Waals surface area contributed by atoms with Gasteiger partial charge in [0.15, 0.2) is 0 Å². The lowest BCUT2D eigenvalue weighted by atomic mass is 9.82. The maximum Gasteiger partial charge on any atom is 0.230 e. The second-order valence-electron chi connectivity index (χ2n) is 6.52. The molecule has 23 heavy (non-hydrogen) atoms. The van der Waals surface area contributed by atoms with Crippen LogP contribution in [0.25, 0.3) is 0 Å². The summed E-state index contributed by atoms with van der Waals surface area (Å²) in [7, 11) is 0. The second kappa shape index (κ2) is 6.95. The largest absolute Gasteiger partial charge is 0.334 e. The van der Waals surface area contributed by atoms with E-state index in [0.717, 1.165) is 25.0 Å². The Morgan fingerprint density at radius 1 is 1.22 bits per heavy atom. The zero-order valence-corrected chi connectivity index (χ0v) is 13.9. The van der Waals surface area contributed by atoms with Crippen LogP contribution in [0.1, 0.15) is 49.4 Å². The predicted molar refractivity (Wildman–Crippen MR) is 92.0 cm³/mol. The van der Waals surface area contributed by atoms with Crippen LogP contribution in [0.4, 0.5) is 0 Å². The number of amides is 1. The van der Waals surface area contributed by atoms with Crippen LogP contribution in [-0.2, 0) is 17.8 Å². The molecule has 0 aliphatic heterocycles. The molecule has 1 unspecified atom stereocenters. The average molecular weight is 308 g/mol. The lowest BCUT2D eigenvalue weighted by Gasteiger charge is -2.33. The van der Waals surface area contributed by atoms with Crippen molar-refractivity contribution in [3.05, 3.63) is 65.5 Å². The maximum absolute atomic E-state index is 13.2. The summed E-state index contributed by atoms with van der Waals surface area (Å²) in [5, 5.41) is 0. The summed E-state index contributed by atoms with van der Waals surface area (Å²) >= 11 is 0. The Labute approximate surface area is 138 Å². The van der Waals surface area contributed by atoms with E-state index in [-0.39, 0.29) is 17.9 Å². The second-order valence-corrected chi connectivity index (χ2v) is 6.52. The van der Waals surface area contributed by atoms with Crippen molar-refractivity contribution >= 4 is 5.91 Å². The van der Waals surface area contributed by atoms with E-state index in [1.165, 1.54) is 11.1 Å². The number of hydrogen-bond donors (Lipinski definition) is 0. The van der Waals surface area contributed by atoms with E-state index >= 15 is 0 Å². The van der Waals surface area contributed by atoms with Crippen LogP contribution in [-0.4, -0.2) is 21.8 Å². The normalized spacial score (nSPS) is 16.9. The minimum absolute atomic E-state index is 0.00828. The molecular weight excluding hydrogens is 284 g/mol. The van der Waals surface area contributed by atoms with Crippen molar-refractivity contribution in [3.8, 4) is 0 Å². The summed E-state index contributed by atoms with van der Waals surface area (Å²) in [4.78, 5) is 19.6. The number of benzene rings is 1. The molecule has 0 saturated carbocycles. The van der Waals surface area contributed by atoms with Crippen molar-refractivity contribution in [1.29, 1.82) is 0 Å². The average Bonchev–Trinajstić information content (AvgIpc) is 2.59. The SMILES string of the molecule is CC(C)N(Cc1ccccn1)C(=O)C1CCCc2ccccc21. The van der Waals surface area contributed by atoms with Crippen molar-refractivity contribution < 1.29 is 4.79 Å². The van der Waals surface area contributed by atoms with Crippen LogP contribution in [0.2, 0.25) is 0 Å². The molecule has 0 fully saturated rings. The van der Waals surface area contributed by atoms with E-state index in [1.807, 2.05) is 29.2 Å². The molecule has 0 radical (unpaired) electrons. The van der Waals surface area contributed by atoms with Gasteiger partial charge < -0.3 is 4.90 Å². The van der Waals surface area contributed by atoms with Gasteiger partial charge >= 0.3 is 0 Å². The Kier molecular flexibility index (Phi) is 4.75. The fourth-order valence-corrected chi connectivity index (χ4v) is 3.39. The highest BCUT2D eigenvalue weighted by atomic mass is 16.2. The van der Waals surface area contributed by atoms with E-state index in [4.69, 9.17) is 0 Å². The molecule has 0 N–H and O–H groups in total. The van der Waals surface area contributed by atoms with Crippen molar-refractivity contribution in [3.63, 3.8) is 0 Å². The zero-order chi connectivity index (χ0) is 16.2. The molecule has 0 saturated heterocycles. The van der Waals surface area contributed by atoms with Crippen LogP contribution in [0.15, 0.2) is 48.7 Å². The third kappa shape index (κ3) is 3.44. The number of hydrogen-bond acceptors (Lipinski definition) is 2. The smallest absolute Gasteiger partial charge is 0.230 e. The molecule has 0 spiro atoms. The van der Waals surface area contributed by atoms with E-state index in [9.17, 15) is 4.79 Å². The lowest BCUT2D eigenvalue weighted by molar-refractivity contribution is -0.135. The first kappa shape index (κ1) is 15.7. The molecule has 3 rings (SSSR count). The Morgan fingerprint density at radius 3 is 2.74 bits per heavy atom. The number of aromatic nitrogens is 1. The number of pyridine rings is 1. The molecule has 1 heterocycles. The van der Waals surface area contributed by atoms with Crippen LogP contribution in [0.3, 0.4) is 0 Å². The molecule has 1 atom stereocenters. The summed E-state index contributed by atoms with van der Waals surface area (Å²) in [6.07, 6.45) is 4.90. The molecule has 1 aliphatic carbocycles. The number of aryl methyl sites for hydroxylation is 1. The third-order valence-corrected chi connectivity index (χ3v) is 4.63. The highest BCUT2D eigenvalue weighted by Crippen LogP contribution is 2.33. The molecular formula is C20H24N2O. The van der Waals surface area contributed by atoms with Crippen molar-refractivity contribution in [2.75, 3.05) is 0 Å². The fourth-order valence-electron chi connectivity index (χ4n) is 3.39. The molecule has 1 aliphatic rings. The van der Waals surface area contributed by atoms with Gasteiger partial charge in [0.25, 0.3) is 0 Å². The number of fused-ring (bicyclic) bond motifs is 1. The van der Waals surface area contributed by atoms with Gasteiger partial charge in [-0.25, -0.2) is 0 Å². The standard InChI is InChI=1S/C20H24N2O/c1-15(2)22(14-17-10-5-6-13-21-17)20(23)19-12-7-9-16-8-3-4-11-18(16)19/h3-6,8,10-11,13,15,19H,7,9,12,14H2,1-2H3. The first-order valence-electron chi connectivity index (χ1n) is 8.45. The maximum atomic E-state index is 13.2. The van der Waals surface area contributed by atoms with Crippen molar-refractivity contribution in [2.45, 2.75) is 51.6 Å². The van der Waals surface area contributed by atoms with Gasteiger partial charge in [0.1, 0.15) is 0 Å². The Morgan fingerprint density at radius 2 is 2.00 bits per heavy atom. The first-order chi connectivity index (χ1) is 11.2. The van der Waals surface area contributed by atoms with E-state index in [2.05, 4.69) is 37.0 Å². The Bertz CT molecular complexity index is 666. The van der Waals surface area contributed by atoms with Gasteiger partial charge in [-0.1, -0.05) is 30.3 Å². The van der Waals surface area contributed by atoms with Gasteiger partial charge in [0.2, 0.25) is 5.91 Å². The predicted octanol–water partition coefficient (Wildman–Crippen LogP) is 3.94. The molecule has 1 aromatic carbocycles. The van der Waals surface area contributed by atoms with Crippen LogP contribution in [0.5, 0.6) is 0 Å². The molecule has 0 bridgehead atoms. The van der Waals surface area contributed by atoms with Gasteiger partial charge in [-0.15, -0.1) is 0 Å². The van der Waals surface area contributed by atoms with Gasteiger partial charge in [0.05, 0.1) is 18.2 Å². The fraction of sp³-hybridized carbons (Fsp3) is 0.400. The molecule has 1 aromatic heterocycles. The molecule has 2 aromatic rings. The minimum atomic E-state index is -0.00828. The number of carbonyl (C=O) groups excluding carboxylic acids is 1. The number of carbonyl (C=O) groups is 1. The Hall–Kier alpha value is -2.16. The summed E-state index contributed by atoms with van der Waals surface area (Å²) in [6.45, 7) is 4.74. The molecule has 1 amide bonds. The third-order valence-electron chi connectivity index (χ3n) is 4.63.